The van der Waals surface area contributed by atoms with Crippen molar-refractivity contribution in [2.45, 2.75) is 32.3 Å². The number of carboxylic acids is 1. The van der Waals surface area contributed by atoms with Crippen LogP contribution in [0.2, 0.25) is 0 Å². The van der Waals surface area contributed by atoms with Crippen molar-refractivity contribution in [3.05, 3.63) is 11.1 Å². The average molecular weight is 284 g/mol. The number of hydrogen-bond donors (Lipinski definition) is 2. The standard InChI is InChI=1S/C12H16N2O4S/c1-18-7-8-6-13-11(19-8)14-9(15)4-12(2-3-12)5-10(16)17/h6H,2-5,7H2,1H3,(H,16,17)(H,13,14,15). The monoisotopic (exact) mass is 284 g/mol. The number of aromatic nitrogens is 1. The highest BCUT2D eigenvalue weighted by molar-refractivity contribution is 7.15. The molecule has 0 atom stereocenters. The summed E-state index contributed by atoms with van der Waals surface area (Å²) in [5, 5.41) is 12.0. The number of carboxylic acid groups (broad SMARTS) is 1. The first-order valence-corrected chi connectivity index (χ1v) is 6.80. The van der Waals surface area contributed by atoms with Crippen molar-refractivity contribution < 1.29 is 19.4 Å². The molecule has 0 spiro atoms. The minimum absolute atomic E-state index is 0.0627. The van der Waals surface area contributed by atoms with Crippen LogP contribution in [0.3, 0.4) is 0 Å². The van der Waals surface area contributed by atoms with E-state index in [1.807, 2.05) is 0 Å². The largest absolute Gasteiger partial charge is 0.481 e. The van der Waals surface area contributed by atoms with Gasteiger partial charge >= 0.3 is 5.97 Å². The lowest BCUT2D eigenvalue weighted by Crippen LogP contribution is -2.19. The quantitative estimate of drug-likeness (QED) is 0.798. The molecule has 0 aliphatic heterocycles. The van der Waals surface area contributed by atoms with Crippen LogP contribution in [0.5, 0.6) is 0 Å². The number of aliphatic carboxylic acids is 1. The van der Waals surface area contributed by atoms with E-state index in [-0.39, 0.29) is 24.2 Å². The molecule has 1 aromatic heterocycles. The molecule has 104 valence electrons. The highest BCUT2D eigenvalue weighted by Crippen LogP contribution is 2.51. The van der Waals surface area contributed by atoms with Gasteiger partial charge in [-0.25, -0.2) is 4.98 Å². The van der Waals surface area contributed by atoms with Crippen molar-refractivity contribution in [1.82, 2.24) is 4.98 Å². The van der Waals surface area contributed by atoms with Crippen molar-refractivity contribution in [2.24, 2.45) is 5.41 Å². The molecule has 1 aliphatic rings. The van der Waals surface area contributed by atoms with Gasteiger partial charge in [0.1, 0.15) is 0 Å². The molecular weight excluding hydrogens is 268 g/mol. The summed E-state index contributed by atoms with van der Waals surface area (Å²) < 4.78 is 4.97. The number of nitrogens with one attached hydrogen (secondary N) is 1. The summed E-state index contributed by atoms with van der Waals surface area (Å²) in [6.45, 7) is 0.469. The van der Waals surface area contributed by atoms with Crippen LogP contribution in [-0.2, 0) is 20.9 Å². The maximum absolute atomic E-state index is 11.8. The molecule has 19 heavy (non-hydrogen) atoms. The summed E-state index contributed by atoms with van der Waals surface area (Å²) in [7, 11) is 1.60. The minimum Gasteiger partial charge on any atom is -0.481 e. The topological polar surface area (TPSA) is 88.5 Å². The molecule has 1 fully saturated rings. The van der Waals surface area contributed by atoms with Crippen LogP contribution in [0, 0.1) is 5.41 Å². The summed E-state index contributed by atoms with van der Waals surface area (Å²) >= 11 is 1.36. The summed E-state index contributed by atoms with van der Waals surface area (Å²) in [6, 6.07) is 0. The van der Waals surface area contributed by atoms with Crippen LogP contribution >= 0.6 is 11.3 Å². The van der Waals surface area contributed by atoms with Crippen molar-refractivity contribution >= 4 is 28.3 Å². The first kappa shape index (κ1) is 14.0. The van der Waals surface area contributed by atoms with Crippen LogP contribution in [0.4, 0.5) is 5.13 Å². The molecule has 7 heteroatoms. The number of amides is 1. The Kier molecular flexibility index (Phi) is 4.16. The second-order valence-corrected chi connectivity index (χ2v) is 5.98. The van der Waals surface area contributed by atoms with E-state index in [0.29, 0.717) is 11.7 Å². The van der Waals surface area contributed by atoms with Gasteiger partial charge in [-0.2, -0.15) is 0 Å². The molecule has 1 aliphatic carbocycles. The molecule has 1 saturated carbocycles. The lowest BCUT2D eigenvalue weighted by molar-refractivity contribution is -0.138. The van der Waals surface area contributed by atoms with Crippen LogP contribution < -0.4 is 5.32 Å². The Hall–Kier alpha value is -1.47. The molecule has 1 aromatic rings. The fourth-order valence-corrected chi connectivity index (χ4v) is 2.79. The van der Waals surface area contributed by atoms with Gasteiger partial charge in [0.15, 0.2) is 5.13 Å². The first-order valence-electron chi connectivity index (χ1n) is 5.98. The summed E-state index contributed by atoms with van der Waals surface area (Å²) in [4.78, 5) is 27.6. The van der Waals surface area contributed by atoms with E-state index >= 15 is 0 Å². The fraction of sp³-hybridized carbons (Fsp3) is 0.583. The third-order valence-corrected chi connectivity index (χ3v) is 3.99. The Balaban J connectivity index is 1.85. The van der Waals surface area contributed by atoms with Crippen molar-refractivity contribution in [3.63, 3.8) is 0 Å². The second-order valence-electron chi connectivity index (χ2n) is 4.86. The predicted octanol–water partition coefficient (Wildman–Crippen LogP) is 1.87. The van der Waals surface area contributed by atoms with E-state index in [9.17, 15) is 9.59 Å². The number of carbonyl (C=O) groups is 2. The van der Waals surface area contributed by atoms with E-state index < -0.39 is 5.97 Å². The number of carbonyl (C=O) groups excluding carboxylic acids is 1. The number of thiazole rings is 1. The van der Waals surface area contributed by atoms with Gasteiger partial charge in [0, 0.05) is 19.7 Å². The Morgan fingerprint density at radius 3 is 2.84 bits per heavy atom. The minimum atomic E-state index is -0.845. The summed E-state index contributed by atoms with van der Waals surface area (Å²) in [5.41, 5.74) is -0.331. The van der Waals surface area contributed by atoms with E-state index in [1.54, 1.807) is 13.3 Å². The fourth-order valence-electron chi connectivity index (χ4n) is 1.99. The van der Waals surface area contributed by atoms with Crippen molar-refractivity contribution in [2.75, 3.05) is 12.4 Å². The number of methoxy groups -OCH3 is 1. The Bertz CT molecular complexity index is 482. The highest BCUT2D eigenvalue weighted by atomic mass is 32.1. The first-order chi connectivity index (χ1) is 9.03. The zero-order valence-corrected chi connectivity index (χ0v) is 11.5. The van der Waals surface area contributed by atoms with Crippen LogP contribution in [0.15, 0.2) is 6.20 Å². The number of anilines is 1. The molecule has 0 radical (unpaired) electrons. The normalized spacial score (nSPS) is 16.1. The van der Waals surface area contributed by atoms with E-state index in [2.05, 4.69) is 10.3 Å². The summed E-state index contributed by atoms with van der Waals surface area (Å²) in [5.74, 6) is -1.01. The third kappa shape index (κ3) is 4.00. The van der Waals surface area contributed by atoms with Gasteiger partial charge in [0.2, 0.25) is 5.91 Å². The zero-order chi connectivity index (χ0) is 13.9. The number of hydrogen-bond acceptors (Lipinski definition) is 5. The maximum atomic E-state index is 11.8. The van der Waals surface area contributed by atoms with Gasteiger partial charge in [-0.05, 0) is 18.3 Å². The van der Waals surface area contributed by atoms with Gasteiger partial charge in [0.05, 0.1) is 17.9 Å². The molecule has 0 bridgehead atoms. The molecule has 1 amide bonds. The van der Waals surface area contributed by atoms with Gasteiger partial charge in [-0.3, -0.25) is 9.59 Å². The van der Waals surface area contributed by atoms with Crippen molar-refractivity contribution in [3.8, 4) is 0 Å². The van der Waals surface area contributed by atoms with Gasteiger partial charge in [-0.15, -0.1) is 0 Å². The molecule has 2 rings (SSSR count). The summed E-state index contributed by atoms with van der Waals surface area (Å²) in [6.07, 6.45) is 3.58. The van der Waals surface area contributed by atoms with Crippen molar-refractivity contribution in [1.29, 1.82) is 0 Å². The lowest BCUT2D eigenvalue weighted by Gasteiger charge is -2.10. The molecule has 1 heterocycles. The Labute approximate surface area is 114 Å². The molecular formula is C12H16N2O4S. The maximum Gasteiger partial charge on any atom is 0.303 e. The number of ether oxygens (including phenoxy) is 1. The van der Waals surface area contributed by atoms with Gasteiger partial charge < -0.3 is 15.2 Å². The smallest absolute Gasteiger partial charge is 0.303 e. The van der Waals surface area contributed by atoms with E-state index in [1.165, 1.54) is 11.3 Å². The zero-order valence-electron chi connectivity index (χ0n) is 10.6. The van der Waals surface area contributed by atoms with Gasteiger partial charge in [-0.1, -0.05) is 11.3 Å². The molecule has 0 unspecified atom stereocenters. The van der Waals surface area contributed by atoms with Gasteiger partial charge in [0.25, 0.3) is 0 Å². The average Bonchev–Trinajstić information content (AvgIpc) is 2.88. The SMILES string of the molecule is COCc1cnc(NC(=O)CC2(CC(=O)O)CC2)s1. The third-order valence-electron chi connectivity index (χ3n) is 3.11. The molecule has 6 nitrogen and oxygen atoms in total. The Morgan fingerprint density at radius 1 is 1.53 bits per heavy atom. The van der Waals surface area contributed by atoms with E-state index in [4.69, 9.17) is 9.84 Å². The number of nitrogens with zero attached hydrogens (tertiary/aromatic N) is 1. The molecule has 2 N–H and O–H groups in total. The molecule has 0 saturated heterocycles. The van der Waals surface area contributed by atoms with Crippen LogP contribution in [0.25, 0.3) is 0 Å². The lowest BCUT2D eigenvalue weighted by atomic mass is 9.98. The van der Waals surface area contributed by atoms with Crippen LogP contribution in [0.1, 0.15) is 30.6 Å². The number of rotatable bonds is 7. The van der Waals surface area contributed by atoms with E-state index in [0.717, 1.165) is 17.7 Å². The highest BCUT2D eigenvalue weighted by Gasteiger charge is 2.45. The van der Waals surface area contributed by atoms with Crippen LogP contribution in [-0.4, -0.2) is 29.1 Å². The predicted molar refractivity (Wildman–Crippen MR) is 70.0 cm³/mol. The second kappa shape index (κ2) is 5.66. The molecule has 0 aromatic carbocycles. The Morgan fingerprint density at radius 2 is 2.26 bits per heavy atom.